The van der Waals surface area contributed by atoms with Gasteiger partial charge in [0, 0.05) is 11.8 Å². The van der Waals surface area contributed by atoms with Crippen molar-refractivity contribution in [3.63, 3.8) is 0 Å². The summed E-state index contributed by atoms with van der Waals surface area (Å²) in [5, 5.41) is 2.68. The van der Waals surface area contributed by atoms with Crippen LogP contribution in [-0.2, 0) is 4.79 Å². The third-order valence-corrected chi connectivity index (χ3v) is 2.80. The molecule has 1 N–H and O–H groups in total. The molecule has 0 saturated carbocycles. The Balaban J connectivity index is 1.59. The summed E-state index contributed by atoms with van der Waals surface area (Å²) in [7, 11) is 0. The molecule has 106 valence electrons. The fourth-order valence-electron chi connectivity index (χ4n) is 1.81. The second-order valence-corrected chi connectivity index (χ2v) is 4.33. The number of aromatic nitrogens is 1. The van der Waals surface area contributed by atoms with E-state index in [1.165, 1.54) is 30.7 Å². The van der Waals surface area contributed by atoms with E-state index in [2.05, 4.69) is 10.3 Å². The van der Waals surface area contributed by atoms with E-state index in [9.17, 15) is 9.18 Å². The molecule has 0 aliphatic heterocycles. The molecule has 1 heterocycles. The van der Waals surface area contributed by atoms with E-state index in [0.29, 0.717) is 17.0 Å². The number of oxazole rings is 1. The smallest absolute Gasteiger partial charge is 0.262 e. The van der Waals surface area contributed by atoms with Crippen molar-refractivity contribution in [2.45, 2.75) is 0 Å². The lowest BCUT2D eigenvalue weighted by atomic mass is 10.3. The Kier molecular flexibility index (Phi) is 3.51. The Bertz CT molecular complexity index is 768. The third-order valence-electron chi connectivity index (χ3n) is 2.80. The number of amides is 1. The Hall–Kier alpha value is -2.89. The number of carbonyl (C=O) groups excluding carboxylic acids is 1. The normalized spacial score (nSPS) is 10.5. The molecular weight excluding hydrogens is 275 g/mol. The number of rotatable bonds is 4. The van der Waals surface area contributed by atoms with E-state index in [0.717, 1.165) is 5.52 Å². The number of carbonyl (C=O) groups is 1. The highest BCUT2D eigenvalue weighted by molar-refractivity contribution is 5.93. The standard InChI is InChI=1S/C15H11FN2O3/c16-10-1-4-12(5-2-10)20-8-15(19)18-11-3-6-13-14(7-11)21-9-17-13/h1-7,9H,8H2,(H,18,19). The molecule has 0 spiro atoms. The molecule has 0 saturated heterocycles. The van der Waals surface area contributed by atoms with Gasteiger partial charge in [-0.2, -0.15) is 0 Å². The number of nitrogens with zero attached hydrogens (tertiary/aromatic N) is 1. The third kappa shape index (κ3) is 3.17. The summed E-state index contributed by atoms with van der Waals surface area (Å²) in [5.41, 5.74) is 1.90. The van der Waals surface area contributed by atoms with Crippen LogP contribution in [-0.4, -0.2) is 17.5 Å². The number of ether oxygens (including phenoxy) is 1. The predicted octanol–water partition coefficient (Wildman–Crippen LogP) is 2.98. The van der Waals surface area contributed by atoms with Gasteiger partial charge in [-0.25, -0.2) is 9.37 Å². The zero-order valence-electron chi connectivity index (χ0n) is 10.9. The lowest BCUT2D eigenvalue weighted by Crippen LogP contribution is -2.20. The molecule has 1 aromatic heterocycles. The highest BCUT2D eigenvalue weighted by Gasteiger charge is 2.06. The average molecular weight is 286 g/mol. The van der Waals surface area contributed by atoms with Crippen molar-refractivity contribution in [2.75, 3.05) is 11.9 Å². The minimum Gasteiger partial charge on any atom is -0.484 e. The van der Waals surface area contributed by atoms with Gasteiger partial charge < -0.3 is 14.5 Å². The van der Waals surface area contributed by atoms with E-state index in [1.54, 1.807) is 18.2 Å². The maximum atomic E-state index is 12.7. The molecule has 0 unspecified atom stereocenters. The quantitative estimate of drug-likeness (QED) is 0.800. The summed E-state index contributed by atoms with van der Waals surface area (Å²) in [6.45, 7) is -0.167. The number of benzene rings is 2. The molecule has 0 fully saturated rings. The zero-order valence-corrected chi connectivity index (χ0v) is 10.9. The molecule has 0 bridgehead atoms. The van der Waals surface area contributed by atoms with E-state index >= 15 is 0 Å². The molecule has 0 radical (unpaired) electrons. The molecule has 2 aromatic carbocycles. The average Bonchev–Trinajstić information content (AvgIpc) is 2.94. The highest BCUT2D eigenvalue weighted by Crippen LogP contribution is 2.18. The van der Waals surface area contributed by atoms with Crippen LogP contribution in [0.2, 0.25) is 0 Å². The maximum absolute atomic E-state index is 12.7. The molecule has 3 rings (SSSR count). The Morgan fingerprint density at radius 3 is 2.86 bits per heavy atom. The van der Waals surface area contributed by atoms with Crippen molar-refractivity contribution in [3.8, 4) is 5.75 Å². The summed E-state index contributed by atoms with van der Waals surface area (Å²) in [6, 6.07) is 10.6. The minimum atomic E-state index is -0.354. The van der Waals surface area contributed by atoms with Gasteiger partial charge in [-0.05, 0) is 36.4 Å². The summed E-state index contributed by atoms with van der Waals surface area (Å²) >= 11 is 0. The molecular formula is C15H11FN2O3. The van der Waals surface area contributed by atoms with Gasteiger partial charge in [-0.15, -0.1) is 0 Å². The van der Waals surface area contributed by atoms with Gasteiger partial charge in [0.25, 0.3) is 5.91 Å². The van der Waals surface area contributed by atoms with Crippen LogP contribution in [0.1, 0.15) is 0 Å². The lowest BCUT2D eigenvalue weighted by molar-refractivity contribution is -0.118. The molecule has 1 amide bonds. The maximum Gasteiger partial charge on any atom is 0.262 e. The van der Waals surface area contributed by atoms with Crippen LogP contribution >= 0.6 is 0 Å². The topological polar surface area (TPSA) is 64.4 Å². The second-order valence-electron chi connectivity index (χ2n) is 4.33. The number of nitrogens with one attached hydrogen (secondary N) is 1. The molecule has 5 nitrogen and oxygen atoms in total. The number of hydrogen-bond donors (Lipinski definition) is 1. The van der Waals surface area contributed by atoms with E-state index < -0.39 is 0 Å². The number of fused-ring (bicyclic) bond motifs is 1. The van der Waals surface area contributed by atoms with Gasteiger partial charge in [0.15, 0.2) is 18.6 Å². The van der Waals surface area contributed by atoms with Crippen molar-refractivity contribution >= 4 is 22.7 Å². The van der Waals surface area contributed by atoms with Crippen molar-refractivity contribution < 1.29 is 18.3 Å². The van der Waals surface area contributed by atoms with E-state index in [4.69, 9.17) is 9.15 Å². The minimum absolute atomic E-state index is 0.167. The molecule has 3 aromatic rings. The highest BCUT2D eigenvalue weighted by atomic mass is 19.1. The van der Waals surface area contributed by atoms with E-state index in [-0.39, 0.29) is 18.3 Å². The van der Waals surface area contributed by atoms with Crippen molar-refractivity contribution in [1.82, 2.24) is 4.98 Å². The van der Waals surface area contributed by atoms with Crippen LogP contribution in [0.4, 0.5) is 10.1 Å². The van der Waals surface area contributed by atoms with Crippen LogP contribution in [0.15, 0.2) is 53.3 Å². The van der Waals surface area contributed by atoms with Crippen LogP contribution in [0.3, 0.4) is 0 Å². The summed E-state index contributed by atoms with van der Waals surface area (Å²) in [4.78, 5) is 15.8. The van der Waals surface area contributed by atoms with Gasteiger partial charge in [-0.1, -0.05) is 0 Å². The first-order valence-electron chi connectivity index (χ1n) is 6.22. The Morgan fingerprint density at radius 1 is 1.24 bits per heavy atom. The van der Waals surface area contributed by atoms with Gasteiger partial charge in [0.2, 0.25) is 0 Å². The van der Waals surface area contributed by atoms with Crippen molar-refractivity contribution in [3.05, 3.63) is 54.7 Å². The number of hydrogen-bond acceptors (Lipinski definition) is 4. The first-order chi connectivity index (χ1) is 10.2. The predicted molar refractivity (Wildman–Crippen MR) is 74.5 cm³/mol. The van der Waals surface area contributed by atoms with Gasteiger partial charge in [0.05, 0.1) is 0 Å². The fraction of sp³-hybridized carbons (Fsp3) is 0.0667. The summed E-state index contributed by atoms with van der Waals surface area (Å²) < 4.78 is 23.1. The lowest BCUT2D eigenvalue weighted by Gasteiger charge is -2.07. The molecule has 6 heteroatoms. The summed E-state index contributed by atoms with van der Waals surface area (Å²) in [5.74, 6) is -0.248. The van der Waals surface area contributed by atoms with E-state index in [1.807, 2.05) is 0 Å². The second kappa shape index (κ2) is 5.62. The van der Waals surface area contributed by atoms with Crippen molar-refractivity contribution in [1.29, 1.82) is 0 Å². The Morgan fingerprint density at radius 2 is 2.05 bits per heavy atom. The SMILES string of the molecule is O=C(COc1ccc(F)cc1)Nc1ccc2ncoc2c1. The van der Waals surface area contributed by atoms with Crippen LogP contribution in [0.5, 0.6) is 5.75 Å². The van der Waals surface area contributed by atoms with Crippen LogP contribution in [0, 0.1) is 5.82 Å². The Labute approximate surface area is 119 Å². The van der Waals surface area contributed by atoms with Gasteiger partial charge >= 0.3 is 0 Å². The van der Waals surface area contributed by atoms with Crippen LogP contribution in [0.25, 0.3) is 11.1 Å². The largest absolute Gasteiger partial charge is 0.484 e. The zero-order chi connectivity index (χ0) is 14.7. The van der Waals surface area contributed by atoms with Gasteiger partial charge in [0.1, 0.15) is 17.1 Å². The monoisotopic (exact) mass is 286 g/mol. The molecule has 0 aliphatic rings. The fourth-order valence-corrected chi connectivity index (χ4v) is 1.81. The van der Waals surface area contributed by atoms with Crippen molar-refractivity contribution in [2.24, 2.45) is 0 Å². The van der Waals surface area contributed by atoms with Crippen LogP contribution < -0.4 is 10.1 Å². The number of halogens is 1. The first-order valence-corrected chi connectivity index (χ1v) is 6.22. The first kappa shape index (κ1) is 13.1. The summed E-state index contributed by atoms with van der Waals surface area (Å²) in [6.07, 6.45) is 1.34. The molecule has 0 atom stereocenters. The van der Waals surface area contributed by atoms with Gasteiger partial charge in [-0.3, -0.25) is 4.79 Å². The number of anilines is 1. The molecule has 21 heavy (non-hydrogen) atoms. The molecule has 0 aliphatic carbocycles.